The molecular weight excluding hydrogens is 296 g/mol. The molecule has 1 aromatic heterocycles. The van der Waals surface area contributed by atoms with Gasteiger partial charge in [0, 0.05) is 37.9 Å². The van der Waals surface area contributed by atoms with Crippen molar-refractivity contribution in [1.29, 1.82) is 0 Å². The minimum Gasteiger partial charge on any atom is -0.383 e. The molecule has 0 saturated heterocycles. The van der Waals surface area contributed by atoms with Crippen LogP contribution in [0.5, 0.6) is 0 Å². The van der Waals surface area contributed by atoms with Crippen molar-refractivity contribution in [3.8, 4) is 0 Å². The maximum atomic E-state index is 11.8. The van der Waals surface area contributed by atoms with Crippen LogP contribution in [-0.4, -0.2) is 39.3 Å². The fourth-order valence-electron chi connectivity index (χ4n) is 2.34. The minimum absolute atomic E-state index is 0.132. The van der Waals surface area contributed by atoms with Gasteiger partial charge in [-0.2, -0.15) is 0 Å². The molecule has 0 aliphatic heterocycles. The highest BCUT2D eigenvalue weighted by molar-refractivity contribution is 7.17. The second-order valence-electron chi connectivity index (χ2n) is 5.20. The molecule has 5 heteroatoms. The number of hydrogen-bond donors (Lipinski definition) is 2. The van der Waals surface area contributed by atoms with Gasteiger partial charge in [-0.3, -0.25) is 4.79 Å². The van der Waals surface area contributed by atoms with E-state index < -0.39 is 0 Å². The number of methoxy groups -OCH3 is 1. The van der Waals surface area contributed by atoms with E-state index in [1.54, 1.807) is 18.4 Å². The van der Waals surface area contributed by atoms with Crippen molar-refractivity contribution in [3.05, 3.63) is 35.2 Å². The van der Waals surface area contributed by atoms with Crippen molar-refractivity contribution in [3.63, 3.8) is 0 Å². The smallest absolute Gasteiger partial charge is 0.220 e. The zero-order valence-corrected chi connectivity index (χ0v) is 13.9. The Labute approximate surface area is 135 Å². The summed E-state index contributed by atoms with van der Waals surface area (Å²) in [6.07, 6.45) is 2.44. The molecule has 22 heavy (non-hydrogen) atoms. The fourth-order valence-corrected chi connectivity index (χ4v) is 3.34. The first kappa shape index (κ1) is 16.9. The van der Waals surface area contributed by atoms with Crippen molar-refractivity contribution in [1.82, 2.24) is 10.6 Å². The van der Waals surface area contributed by atoms with Gasteiger partial charge in [-0.1, -0.05) is 18.2 Å². The second-order valence-corrected chi connectivity index (χ2v) is 6.11. The first-order valence-electron chi connectivity index (χ1n) is 7.72. The molecule has 2 rings (SSSR count). The van der Waals surface area contributed by atoms with Crippen molar-refractivity contribution >= 4 is 27.3 Å². The Bertz CT molecular complexity index is 583. The van der Waals surface area contributed by atoms with E-state index in [-0.39, 0.29) is 5.91 Å². The first-order valence-corrected chi connectivity index (χ1v) is 8.60. The number of amides is 1. The summed E-state index contributed by atoms with van der Waals surface area (Å²) < 4.78 is 6.26. The Hall–Kier alpha value is -1.43. The van der Waals surface area contributed by atoms with Crippen molar-refractivity contribution < 1.29 is 9.53 Å². The van der Waals surface area contributed by atoms with E-state index in [4.69, 9.17) is 4.74 Å². The van der Waals surface area contributed by atoms with Crippen LogP contribution in [0.2, 0.25) is 0 Å². The van der Waals surface area contributed by atoms with Gasteiger partial charge in [0.05, 0.1) is 6.61 Å². The number of thiophene rings is 1. The van der Waals surface area contributed by atoms with E-state index in [1.165, 1.54) is 15.6 Å². The Morgan fingerprint density at radius 2 is 2.09 bits per heavy atom. The van der Waals surface area contributed by atoms with Crippen LogP contribution in [0.15, 0.2) is 29.6 Å². The molecule has 1 aromatic carbocycles. The van der Waals surface area contributed by atoms with Crippen molar-refractivity contribution in [2.24, 2.45) is 0 Å². The van der Waals surface area contributed by atoms with Crippen LogP contribution in [-0.2, 0) is 16.0 Å². The number of carbonyl (C=O) groups excluding carboxylic acids is 1. The lowest BCUT2D eigenvalue weighted by atomic mass is 10.1. The average Bonchev–Trinajstić information content (AvgIpc) is 2.94. The van der Waals surface area contributed by atoms with Crippen LogP contribution in [0.4, 0.5) is 0 Å². The minimum atomic E-state index is 0.132. The summed E-state index contributed by atoms with van der Waals surface area (Å²) in [5.41, 5.74) is 1.36. The average molecular weight is 320 g/mol. The van der Waals surface area contributed by atoms with E-state index in [9.17, 15) is 4.79 Å². The van der Waals surface area contributed by atoms with Crippen LogP contribution in [0.3, 0.4) is 0 Å². The Kier molecular flexibility index (Phi) is 7.36. The highest BCUT2D eigenvalue weighted by Gasteiger charge is 2.05. The molecule has 4 nitrogen and oxygen atoms in total. The predicted octanol–water partition coefficient (Wildman–Crippen LogP) is 2.58. The topological polar surface area (TPSA) is 50.4 Å². The van der Waals surface area contributed by atoms with Gasteiger partial charge < -0.3 is 15.4 Å². The van der Waals surface area contributed by atoms with E-state index in [1.807, 2.05) is 0 Å². The lowest BCUT2D eigenvalue weighted by Crippen LogP contribution is -2.32. The van der Waals surface area contributed by atoms with Crippen molar-refractivity contribution in [2.45, 2.75) is 19.3 Å². The van der Waals surface area contributed by atoms with Gasteiger partial charge in [-0.25, -0.2) is 0 Å². The number of fused-ring (bicyclic) bond motifs is 1. The van der Waals surface area contributed by atoms with E-state index in [2.05, 4.69) is 40.3 Å². The third-order valence-corrected chi connectivity index (χ3v) is 4.53. The number of nitrogens with one attached hydrogen (secondary N) is 2. The van der Waals surface area contributed by atoms with Gasteiger partial charge in [-0.05, 0) is 35.2 Å². The summed E-state index contributed by atoms with van der Waals surface area (Å²) in [7, 11) is 1.68. The summed E-state index contributed by atoms with van der Waals surface area (Å²) in [4.78, 5) is 11.8. The molecule has 1 heterocycles. The third kappa shape index (κ3) is 5.40. The highest BCUT2D eigenvalue weighted by Crippen LogP contribution is 2.26. The molecule has 0 atom stereocenters. The number of carbonyl (C=O) groups is 1. The molecule has 0 aliphatic carbocycles. The highest BCUT2D eigenvalue weighted by atomic mass is 32.1. The van der Waals surface area contributed by atoms with Crippen LogP contribution >= 0.6 is 11.3 Å². The van der Waals surface area contributed by atoms with Gasteiger partial charge >= 0.3 is 0 Å². The normalized spacial score (nSPS) is 11.0. The monoisotopic (exact) mass is 320 g/mol. The van der Waals surface area contributed by atoms with Gasteiger partial charge in [0.25, 0.3) is 0 Å². The number of hydrogen-bond acceptors (Lipinski definition) is 4. The summed E-state index contributed by atoms with van der Waals surface area (Å²) in [5.74, 6) is 0.132. The predicted molar refractivity (Wildman–Crippen MR) is 92.5 cm³/mol. The lowest BCUT2D eigenvalue weighted by molar-refractivity contribution is -0.121. The summed E-state index contributed by atoms with van der Waals surface area (Å²) in [5, 5.41) is 9.68. The zero-order valence-electron chi connectivity index (χ0n) is 13.1. The molecular formula is C17H24N2O2S. The third-order valence-electron chi connectivity index (χ3n) is 3.52. The maximum Gasteiger partial charge on any atom is 0.220 e. The molecule has 120 valence electrons. The second kappa shape index (κ2) is 9.56. The molecule has 0 unspecified atom stereocenters. The fraction of sp³-hybridized carbons (Fsp3) is 0.471. The summed E-state index contributed by atoms with van der Waals surface area (Å²) in [6, 6.07) is 8.44. The van der Waals surface area contributed by atoms with Gasteiger partial charge in [0.1, 0.15) is 0 Å². The number of ether oxygens (including phenoxy) is 1. The maximum absolute atomic E-state index is 11.8. The lowest BCUT2D eigenvalue weighted by Gasteiger charge is -2.06. The van der Waals surface area contributed by atoms with Crippen LogP contribution in [0.1, 0.15) is 18.4 Å². The molecule has 0 spiro atoms. The molecule has 0 saturated carbocycles. The Morgan fingerprint density at radius 3 is 2.95 bits per heavy atom. The standard InChI is InChI=1S/C17H24N2O2S/c1-21-12-11-18-9-10-19-17(20)8-4-5-14-13-22-16-7-3-2-6-15(14)16/h2-3,6-7,13,18H,4-5,8-12H2,1H3,(H,19,20). The largest absolute Gasteiger partial charge is 0.383 e. The number of aryl methyl sites for hydroxylation is 1. The summed E-state index contributed by atoms with van der Waals surface area (Å²) >= 11 is 1.78. The molecule has 2 N–H and O–H groups in total. The Morgan fingerprint density at radius 1 is 1.23 bits per heavy atom. The SMILES string of the molecule is COCCNCCNC(=O)CCCc1csc2ccccc12. The summed E-state index contributed by atoms with van der Waals surface area (Å²) in [6.45, 7) is 2.97. The van der Waals surface area contributed by atoms with Gasteiger partial charge in [0.2, 0.25) is 5.91 Å². The molecule has 0 radical (unpaired) electrons. The molecule has 0 fully saturated rings. The first-order chi connectivity index (χ1) is 10.8. The molecule has 0 aliphatic rings. The van der Waals surface area contributed by atoms with E-state index in [0.29, 0.717) is 19.6 Å². The Balaban J connectivity index is 1.61. The van der Waals surface area contributed by atoms with E-state index in [0.717, 1.165) is 25.9 Å². The number of rotatable bonds is 10. The molecule has 0 bridgehead atoms. The zero-order chi connectivity index (χ0) is 15.6. The van der Waals surface area contributed by atoms with Crippen LogP contribution in [0, 0.1) is 0 Å². The van der Waals surface area contributed by atoms with Crippen LogP contribution < -0.4 is 10.6 Å². The van der Waals surface area contributed by atoms with E-state index >= 15 is 0 Å². The molecule has 2 aromatic rings. The molecule has 1 amide bonds. The van der Waals surface area contributed by atoms with Crippen LogP contribution in [0.25, 0.3) is 10.1 Å². The van der Waals surface area contributed by atoms with Gasteiger partial charge in [0.15, 0.2) is 0 Å². The van der Waals surface area contributed by atoms with Gasteiger partial charge in [-0.15, -0.1) is 11.3 Å². The number of benzene rings is 1. The van der Waals surface area contributed by atoms with Crippen molar-refractivity contribution in [2.75, 3.05) is 33.4 Å². The quantitative estimate of drug-likeness (QED) is 0.662.